The molecule has 31 heavy (non-hydrogen) atoms. The van der Waals surface area contributed by atoms with Crippen LogP contribution in [0.15, 0.2) is 35.1 Å². The van der Waals surface area contributed by atoms with E-state index in [1.165, 1.54) is 22.1 Å². The summed E-state index contributed by atoms with van der Waals surface area (Å²) in [6.07, 6.45) is 0. The van der Waals surface area contributed by atoms with Crippen molar-refractivity contribution in [2.24, 2.45) is 0 Å². The first-order valence-electron chi connectivity index (χ1n) is 9.66. The average molecular weight is 444 g/mol. The fraction of sp³-hybridized carbons (Fsp3) is 0.333. The smallest absolute Gasteiger partial charge is 0.315 e. The zero-order valence-corrected chi connectivity index (χ0v) is 18.7. The quantitative estimate of drug-likeness (QED) is 0.554. The lowest BCUT2D eigenvalue weighted by Crippen LogP contribution is -2.38. The van der Waals surface area contributed by atoms with Crippen LogP contribution in [0.2, 0.25) is 0 Å². The van der Waals surface area contributed by atoms with Gasteiger partial charge in [-0.2, -0.15) is 5.10 Å². The minimum Gasteiger partial charge on any atom is -0.493 e. The summed E-state index contributed by atoms with van der Waals surface area (Å²) in [6.45, 7) is 4.69. The van der Waals surface area contributed by atoms with Crippen LogP contribution in [0.25, 0.3) is 10.6 Å². The average Bonchev–Trinajstić information content (AvgIpc) is 3.11. The normalized spacial score (nSPS) is 10.6. The van der Waals surface area contributed by atoms with Crippen LogP contribution in [0.4, 0.5) is 4.79 Å². The highest BCUT2D eigenvalue weighted by Crippen LogP contribution is 2.28. The van der Waals surface area contributed by atoms with Crippen LogP contribution in [0, 0.1) is 13.8 Å². The Bertz CT molecular complexity index is 1130. The van der Waals surface area contributed by atoms with Crippen LogP contribution in [0.3, 0.4) is 0 Å². The van der Waals surface area contributed by atoms with E-state index < -0.39 is 0 Å². The summed E-state index contributed by atoms with van der Waals surface area (Å²) in [5.74, 6) is 1.22. The summed E-state index contributed by atoms with van der Waals surface area (Å²) in [6, 6.07) is 8.27. The van der Waals surface area contributed by atoms with Gasteiger partial charge in [0.05, 0.1) is 36.3 Å². The number of nitrogens with one attached hydrogen (secondary N) is 2. The molecule has 10 heteroatoms. The molecule has 0 saturated carbocycles. The summed E-state index contributed by atoms with van der Waals surface area (Å²) in [7, 11) is 3.13. The van der Waals surface area contributed by atoms with Crippen molar-refractivity contribution >= 4 is 17.4 Å². The number of rotatable bonds is 8. The number of hydrogen-bond acceptors (Lipinski definition) is 7. The third-order valence-corrected chi connectivity index (χ3v) is 5.61. The van der Waals surface area contributed by atoms with E-state index >= 15 is 0 Å². The number of carbonyl (C=O) groups excluding carboxylic acids is 1. The lowest BCUT2D eigenvalue weighted by atomic mass is 10.2. The van der Waals surface area contributed by atoms with Gasteiger partial charge in [-0.3, -0.25) is 4.79 Å². The molecule has 0 aliphatic heterocycles. The second kappa shape index (κ2) is 10.1. The number of amides is 2. The Kier molecular flexibility index (Phi) is 7.24. The first kappa shape index (κ1) is 22.3. The maximum Gasteiger partial charge on any atom is 0.315 e. The molecule has 2 N–H and O–H groups in total. The van der Waals surface area contributed by atoms with E-state index in [2.05, 4.69) is 20.7 Å². The fourth-order valence-corrected chi connectivity index (χ4v) is 3.89. The monoisotopic (exact) mass is 443 g/mol. The lowest BCUT2D eigenvalue weighted by Gasteiger charge is -2.11. The molecule has 2 amide bonds. The number of thiazole rings is 1. The SMILES string of the molecule is COc1ccc(CNC(=O)NCCn2nc(-c3sc(C)nc3C)ccc2=O)cc1OC. The van der Waals surface area contributed by atoms with Crippen molar-refractivity contribution in [3.8, 4) is 22.1 Å². The maximum absolute atomic E-state index is 12.1. The Labute approximate surface area is 184 Å². The van der Waals surface area contributed by atoms with Gasteiger partial charge in [-0.15, -0.1) is 11.3 Å². The van der Waals surface area contributed by atoms with Gasteiger partial charge in [0.15, 0.2) is 11.5 Å². The van der Waals surface area contributed by atoms with Crippen LogP contribution in [-0.2, 0) is 13.1 Å². The standard InChI is InChI=1S/C21H25N5O4S/c1-13-20(31-14(2)24-13)16-6-8-19(27)26(25-16)10-9-22-21(28)23-12-15-5-7-17(29-3)18(11-15)30-4/h5-8,11H,9-10,12H2,1-4H3,(H2,22,23,28). The molecular weight excluding hydrogens is 418 g/mol. The van der Waals surface area contributed by atoms with Crippen molar-refractivity contribution in [1.82, 2.24) is 25.4 Å². The highest BCUT2D eigenvalue weighted by molar-refractivity contribution is 7.15. The van der Waals surface area contributed by atoms with Crippen molar-refractivity contribution in [2.45, 2.75) is 26.9 Å². The Hall–Kier alpha value is -3.40. The number of carbonyl (C=O) groups is 1. The molecular formula is C21H25N5O4S. The van der Waals surface area contributed by atoms with Crippen molar-refractivity contribution < 1.29 is 14.3 Å². The number of aryl methyl sites for hydroxylation is 2. The number of nitrogens with zero attached hydrogens (tertiary/aromatic N) is 3. The van der Waals surface area contributed by atoms with Gasteiger partial charge in [-0.1, -0.05) is 6.07 Å². The molecule has 2 aromatic heterocycles. The molecule has 0 radical (unpaired) electrons. The van der Waals surface area contributed by atoms with Crippen LogP contribution >= 0.6 is 11.3 Å². The van der Waals surface area contributed by atoms with Crippen molar-refractivity contribution in [3.63, 3.8) is 0 Å². The van der Waals surface area contributed by atoms with Gasteiger partial charge in [-0.25, -0.2) is 14.5 Å². The Morgan fingerprint density at radius 1 is 1.10 bits per heavy atom. The topological polar surface area (TPSA) is 107 Å². The minimum atomic E-state index is -0.340. The van der Waals surface area contributed by atoms with Gasteiger partial charge < -0.3 is 20.1 Å². The van der Waals surface area contributed by atoms with Crippen LogP contribution in [0.1, 0.15) is 16.3 Å². The first-order chi connectivity index (χ1) is 14.9. The van der Waals surface area contributed by atoms with Crippen molar-refractivity contribution in [3.05, 3.63) is 57.0 Å². The van der Waals surface area contributed by atoms with Gasteiger partial charge in [0.25, 0.3) is 5.56 Å². The molecule has 3 rings (SSSR count). The van der Waals surface area contributed by atoms with E-state index in [4.69, 9.17) is 9.47 Å². The Balaban J connectivity index is 1.54. The predicted molar refractivity (Wildman–Crippen MR) is 119 cm³/mol. The number of urea groups is 1. The fourth-order valence-electron chi connectivity index (χ4n) is 3.01. The van der Waals surface area contributed by atoms with Crippen LogP contribution < -0.4 is 25.7 Å². The predicted octanol–water partition coefficient (Wildman–Crippen LogP) is 2.50. The van der Waals surface area contributed by atoms with E-state index in [1.807, 2.05) is 19.9 Å². The number of aromatic nitrogens is 3. The van der Waals surface area contributed by atoms with E-state index in [0.717, 1.165) is 21.1 Å². The zero-order valence-electron chi connectivity index (χ0n) is 17.9. The summed E-state index contributed by atoms with van der Waals surface area (Å²) < 4.78 is 11.8. The molecule has 0 bridgehead atoms. The van der Waals surface area contributed by atoms with Crippen molar-refractivity contribution in [2.75, 3.05) is 20.8 Å². The van der Waals surface area contributed by atoms with Gasteiger partial charge in [-0.05, 0) is 37.6 Å². The molecule has 9 nitrogen and oxygen atoms in total. The molecule has 0 unspecified atom stereocenters. The molecule has 1 aromatic carbocycles. The molecule has 3 aromatic rings. The molecule has 0 saturated heterocycles. The third-order valence-electron chi connectivity index (χ3n) is 4.51. The van der Waals surface area contributed by atoms with Crippen LogP contribution in [-0.4, -0.2) is 41.6 Å². The molecule has 0 aliphatic carbocycles. The number of benzene rings is 1. The number of hydrogen-bond donors (Lipinski definition) is 2. The summed E-state index contributed by atoms with van der Waals surface area (Å²) in [5.41, 5.74) is 2.22. The Morgan fingerprint density at radius 3 is 2.55 bits per heavy atom. The minimum absolute atomic E-state index is 0.227. The van der Waals surface area contributed by atoms with E-state index in [0.29, 0.717) is 23.7 Å². The number of methoxy groups -OCH3 is 2. The maximum atomic E-state index is 12.1. The van der Waals surface area contributed by atoms with Gasteiger partial charge >= 0.3 is 6.03 Å². The molecule has 0 atom stereocenters. The number of ether oxygens (including phenoxy) is 2. The van der Waals surface area contributed by atoms with E-state index in [1.54, 1.807) is 32.4 Å². The van der Waals surface area contributed by atoms with E-state index in [9.17, 15) is 9.59 Å². The highest BCUT2D eigenvalue weighted by atomic mass is 32.1. The third kappa shape index (κ3) is 5.60. The summed E-state index contributed by atoms with van der Waals surface area (Å²) in [4.78, 5) is 29.6. The highest BCUT2D eigenvalue weighted by Gasteiger charge is 2.11. The van der Waals surface area contributed by atoms with Gasteiger partial charge in [0.1, 0.15) is 5.69 Å². The van der Waals surface area contributed by atoms with Gasteiger partial charge in [0.2, 0.25) is 0 Å². The van der Waals surface area contributed by atoms with Crippen molar-refractivity contribution in [1.29, 1.82) is 0 Å². The summed E-state index contributed by atoms with van der Waals surface area (Å²) in [5, 5.41) is 10.9. The second-order valence-corrected chi connectivity index (χ2v) is 7.93. The second-order valence-electron chi connectivity index (χ2n) is 6.73. The molecule has 0 spiro atoms. The Morgan fingerprint density at radius 2 is 1.87 bits per heavy atom. The van der Waals surface area contributed by atoms with Crippen LogP contribution in [0.5, 0.6) is 11.5 Å². The summed E-state index contributed by atoms with van der Waals surface area (Å²) >= 11 is 1.53. The lowest BCUT2D eigenvalue weighted by molar-refractivity contribution is 0.240. The van der Waals surface area contributed by atoms with Gasteiger partial charge in [0, 0.05) is 19.2 Å². The molecule has 0 fully saturated rings. The zero-order chi connectivity index (χ0) is 22.4. The molecule has 164 valence electrons. The molecule has 0 aliphatic rings. The molecule has 2 heterocycles. The first-order valence-corrected chi connectivity index (χ1v) is 10.5. The van der Waals surface area contributed by atoms with E-state index in [-0.39, 0.29) is 24.7 Å². The largest absolute Gasteiger partial charge is 0.493 e.